The summed E-state index contributed by atoms with van der Waals surface area (Å²) in [5.41, 5.74) is 1.80. The lowest BCUT2D eigenvalue weighted by molar-refractivity contribution is -0.113. The molecule has 1 aromatic rings. The van der Waals surface area contributed by atoms with Crippen molar-refractivity contribution in [2.75, 3.05) is 0 Å². The summed E-state index contributed by atoms with van der Waals surface area (Å²) >= 11 is 0. The van der Waals surface area contributed by atoms with Crippen molar-refractivity contribution in [2.24, 2.45) is 0 Å². The number of allylic oxidation sites excluding steroid dienone is 6. The molecule has 0 spiro atoms. The summed E-state index contributed by atoms with van der Waals surface area (Å²) < 4.78 is 0. The van der Waals surface area contributed by atoms with Crippen LogP contribution in [0.2, 0.25) is 0 Å². The highest BCUT2D eigenvalue weighted by atomic mass is 16.1. The molecule has 1 aliphatic rings. The lowest BCUT2D eigenvalue weighted by Gasteiger charge is -1.89. The quantitative estimate of drug-likeness (QED) is 0.600. The lowest BCUT2D eigenvalue weighted by Crippen LogP contribution is -1.93. The predicted molar refractivity (Wildman–Crippen MR) is 71.9 cm³/mol. The maximum Gasteiger partial charge on any atom is 0.215 e. The average Bonchev–Trinajstić information content (AvgIpc) is 2.42. The van der Waals surface area contributed by atoms with Crippen LogP contribution in [0.1, 0.15) is 12.5 Å². The molecule has 0 saturated carbocycles. The molecule has 90 valence electrons. The van der Waals surface area contributed by atoms with Gasteiger partial charge in [0.2, 0.25) is 5.78 Å². The van der Waals surface area contributed by atoms with Gasteiger partial charge in [0.15, 0.2) is 0 Å². The minimum Gasteiger partial charge on any atom is -0.303 e. The molecule has 18 heavy (non-hydrogen) atoms. The molecule has 0 aliphatic heterocycles. The molecule has 0 saturated heterocycles. The fourth-order valence-electron chi connectivity index (χ4n) is 1.32. The molecule has 0 unspecified atom stereocenters. The molecule has 0 heterocycles. The fourth-order valence-corrected chi connectivity index (χ4v) is 1.32. The molecule has 2 heteroatoms. The Morgan fingerprint density at radius 2 is 2.00 bits per heavy atom. The van der Waals surface area contributed by atoms with Crippen molar-refractivity contribution in [1.29, 1.82) is 0 Å². The number of Topliss-reactive ketones (excluding diaryl/α,β-unsaturated/α-hetero) is 1. The second kappa shape index (κ2) is 7.88. The summed E-state index contributed by atoms with van der Waals surface area (Å²) in [6.07, 6.45) is 11.3. The van der Waals surface area contributed by atoms with Gasteiger partial charge in [-0.25, -0.2) is 0 Å². The molecule has 0 aromatic heterocycles. The molecular formula is C16H15O2+. The van der Waals surface area contributed by atoms with Crippen molar-refractivity contribution in [2.45, 2.75) is 13.3 Å². The van der Waals surface area contributed by atoms with E-state index in [4.69, 9.17) is 0 Å². The molecule has 0 bridgehead atoms. The van der Waals surface area contributed by atoms with Crippen molar-refractivity contribution in [3.05, 3.63) is 71.8 Å². The number of carbonyl (C=O) groups excluding carboxylic acids is 2. The molecule has 2 rings (SSSR count). The number of hydrogen-bond donors (Lipinski definition) is 0. The maximum absolute atomic E-state index is 10.6. The van der Waals surface area contributed by atoms with Gasteiger partial charge in [-0.05, 0) is 5.56 Å². The molecule has 1 aliphatic carbocycles. The number of hydrogen-bond acceptors (Lipinski definition) is 2. The molecular weight excluding hydrogens is 224 g/mol. The van der Waals surface area contributed by atoms with E-state index >= 15 is 0 Å². The Kier molecular flexibility index (Phi) is 6.02. The van der Waals surface area contributed by atoms with Crippen LogP contribution in [-0.4, -0.2) is 12.1 Å². The van der Waals surface area contributed by atoms with Crippen LogP contribution in [0.25, 0.3) is 0 Å². The number of benzene rings is 1. The Morgan fingerprint density at radius 3 is 2.44 bits per heavy atom. The van der Waals surface area contributed by atoms with Gasteiger partial charge >= 0.3 is 0 Å². The Morgan fingerprint density at radius 1 is 1.28 bits per heavy atom. The summed E-state index contributed by atoms with van der Waals surface area (Å²) in [5, 5.41) is 0. The van der Waals surface area contributed by atoms with Crippen LogP contribution in [0, 0.1) is 6.08 Å². The van der Waals surface area contributed by atoms with Crippen LogP contribution in [0.5, 0.6) is 0 Å². The highest BCUT2D eigenvalue weighted by Crippen LogP contribution is 2.02. The van der Waals surface area contributed by atoms with Crippen LogP contribution in [0.15, 0.2) is 60.2 Å². The monoisotopic (exact) mass is 239 g/mol. The third kappa shape index (κ3) is 5.15. The first-order valence-electron chi connectivity index (χ1n) is 5.68. The highest BCUT2D eigenvalue weighted by Gasteiger charge is 2.06. The summed E-state index contributed by atoms with van der Waals surface area (Å²) in [5.74, 6) is 0.0897. The van der Waals surface area contributed by atoms with Gasteiger partial charge in [-0.15, -0.1) is 0 Å². The maximum atomic E-state index is 10.6. The second-order valence-electron chi connectivity index (χ2n) is 3.70. The summed E-state index contributed by atoms with van der Waals surface area (Å²) in [6.45, 7) is 1.54. The van der Waals surface area contributed by atoms with E-state index in [1.807, 2.05) is 30.3 Å². The predicted octanol–water partition coefficient (Wildman–Crippen LogP) is 2.86. The van der Waals surface area contributed by atoms with E-state index in [1.54, 1.807) is 31.2 Å². The van der Waals surface area contributed by atoms with Crippen LogP contribution in [-0.2, 0) is 16.0 Å². The van der Waals surface area contributed by atoms with Crippen LogP contribution >= 0.6 is 0 Å². The van der Waals surface area contributed by atoms with E-state index in [2.05, 4.69) is 6.08 Å². The smallest absolute Gasteiger partial charge is 0.215 e. The number of ketones is 1. The molecule has 1 aromatic carbocycles. The molecule has 2 nitrogen and oxygen atoms in total. The van der Waals surface area contributed by atoms with Crippen molar-refractivity contribution >= 4 is 12.1 Å². The van der Waals surface area contributed by atoms with Crippen molar-refractivity contribution in [3.63, 3.8) is 0 Å². The van der Waals surface area contributed by atoms with Crippen molar-refractivity contribution < 1.29 is 9.59 Å². The van der Waals surface area contributed by atoms with Crippen molar-refractivity contribution in [1.82, 2.24) is 0 Å². The van der Waals surface area contributed by atoms with Gasteiger partial charge in [-0.1, -0.05) is 30.3 Å². The SMILES string of the molecule is CC(=O)C1=CC=C[C+]=C1.O=CCc1ccccc1. The first-order chi connectivity index (χ1) is 8.74. The minimum absolute atomic E-state index is 0.0897. The van der Waals surface area contributed by atoms with Gasteiger partial charge in [0, 0.05) is 25.5 Å². The third-order valence-corrected chi connectivity index (χ3v) is 2.28. The van der Waals surface area contributed by atoms with Gasteiger partial charge in [0.05, 0.1) is 6.08 Å². The van der Waals surface area contributed by atoms with Crippen LogP contribution < -0.4 is 0 Å². The van der Waals surface area contributed by atoms with Gasteiger partial charge in [0.25, 0.3) is 0 Å². The molecule has 0 fully saturated rings. The Balaban J connectivity index is 0.000000180. The third-order valence-electron chi connectivity index (χ3n) is 2.28. The zero-order valence-corrected chi connectivity index (χ0v) is 10.3. The minimum atomic E-state index is 0.0897. The largest absolute Gasteiger partial charge is 0.303 e. The molecule has 0 radical (unpaired) electrons. The Labute approximate surface area is 107 Å². The van der Waals surface area contributed by atoms with E-state index in [0.717, 1.165) is 17.4 Å². The van der Waals surface area contributed by atoms with Gasteiger partial charge in [-0.3, -0.25) is 4.79 Å². The van der Waals surface area contributed by atoms with Crippen LogP contribution in [0.3, 0.4) is 0 Å². The molecule has 0 atom stereocenters. The number of rotatable bonds is 3. The lowest BCUT2D eigenvalue weighted by atomic mass is 10.1. The van der Waals surface area contributed by atoms with E-state index in [-0.39, 0.29) is 5.78 Å². The fraction of sp³-hybridized carbons (Fsp3) is 0.125. The van der Waals surface area contributed by atoms with E-state index in [9.17, 15) is 9.59 Å². The molecule has 0 amide bonds. The normalized spacial score (nSPS) is 11.7. The van der Waals surface area contributed by atoms with Gasteiger partial charge in [0.1, 0.15) is 24.0 Å². The molecule has 0 N–H and O–H groups in total. The first kappa shape index (κ1) is 13.8. The highest BCUT2D eigenvalue weighted by molar-refractivity contribution is 5.96. The number of carbonyl (C=O) groups is 2. The summed E-state index contributed by atoms with van der Waals surface area (Å²) in [7, 11) is 0. The Bertz CT molecular complexity index is 479. The Hall–Kier alpha value is -2.31. The van der Waals surface area contributed by atoms with E-state index in [1.165, 1.54) is 0 Å². The first-order valence-corrected chi connectivity index (χ1v) is 5.68. The standard InChI is InChI=1S/C8H7O.C8H8O/c1-7(9)8-5-3-2-4-6-8;9-7-6-8-4-2-1-3-5-8/h2-3,5-6H,1H3;1-5,7H,6H2/q+1;. The zero-order chi connectivity index (χ0) is 13.2. The topological polar surface area (TPSA) is 34.1 Å². The summed E-state index contributed by atoms with van der Waals surface area (Å²) in [6, 6.07) is 9.68. The summed E-state index contributed by atoms with van der Waals surface area (Å²) in [4.78, 5) is 20.6. The van der Waals surface area contributed by atoms with Crippen LogP contribution in [0.4, 0.5) is 0 Å². The van der Waals surface area contributed by atoms with Crippen molar-refractivity contribution in [3.8, 4) is 0 Å². The average molecular weight is 239 g/mol. The van der Waals surface area contributed by atoms with E-state index in [0.29, 0.717) is 6.42 Å². The number of aldehydes is 1. The second-order valence-corrected chi connectivity index (χ2v) is 3.70. The van der Waals surface area contributed by atoms with Gasteiger partial charge < -0.3 is 4.79 Å². The van der Waals surface area contributed by atoms with Gasteiger partial charge in [-0.2, -0.15) is 0 Å². The zero-order valence-electron chi connectivity index (χ0n) is 10.3. The van der Waals surface area contributed by atoms with E-state index < -0.39 is 0 Å².